The van der Waals surface area contributed by atoms with E-state index in [0.717, 1.165) is 0 Å². The Morgan fingerprint density at radius 1 is 1.36 bits per heavy atom. The van der Waals surface area contributed by atoms with Crippen LogP contribution in [0.15, 0.2) is 10.3 Å². The second-order valence-electron chi connectivity index (χ2n) is 1.42. The minimum absolute atomic E-state index is 0.560. The van der Waals surface area contributed by atoms with E-state index in [9.17, 15) is 0 Å². The molecule has 0 aliphatic rings. The Morgan fingerprint density at radius 2 is 1.91 bits per heavy atom. The zero-order valence-corrected chi connectivity index (χ0v) is 5.31. The lowest BCUT2D eigenvalue weighted by Crippen LogP contribution is -2.37. The first-order valence-electron chi connectivity index (χ1n) is 2.36. The van der Waals surface area contributed by atoms with Gasteiger partial charge < -0.3 is 16.1 Å². The lowest BCUT2D eigenvalue weighted by Gasteiger charge is -2.00. The Kier molecular flexibility index (Phi) is 3.39. The van der Waals surface area contributed by atoms with Crippen LogP contribution in [0.3, 0.4) is 0 Å². The number of amidine groups is 2. The van der Waals surface area contributed by atoms with Gasteiger partial charge in [0.1, 0.15) is 5.84 Å². The van der Waals surface area contributed by atoms with E-state index in [1.54, 1.807) is 0 Å². The topological polar surface area (TPSA) is 147 Å². The summed E-state index contributed by atoms with van der Waals surface area (Å²) in [4.78, 5) is 0. The quantitative estimate of drug-likeness (QED) is 0.126. The highest BCUT2D eigenvalue weighted by Gasteiger charge is 2.12. The van der Waals surface area contributed by atoms with E-state index >= 15 is 0 Å². The van der Waals surface area contributed by atoms with Gasteiger partial charge in [0.15, 0.2) is 5.71 Å². The number of nitrogens with one attached hydrogen (secondary N) is 2. The molecule has 0 heterocycles. The van der Waals surface area contributed by atoms with Crippen LogP contribution in [0.2, 0.25) is 0 Å². The Hall–Kier alpha value is -1.83. The molecule has 0 aromatic heterocycles. The van der Waals surface area contributed by atoms with Gasteiger partial charge in [0.05, 0.1) is 0 Å². The summed E-state index contributed by atoms with van der Waals surface area (Å²) in [7, 11) is 0. The molecular formula is C3H7N5O3. The third-order valence-corrected chi connectivity index (χ3v) is 0.785. The SMILES string of the molecule is N=C(N)C(=N\O)/C(=N/O)NO. The van der Waals surface area contributed by atoms with Gasteiger partial charge in [0, 0.05) is 0 Å². The first-order chi connectivity index (χ1) is 5.17. The van der Waals surface area contributed by atoms with Crippen molar-refractivity contribution in [3.63, 3.8) is 0 Å². The molecule has 8 heteroatoms. The van der Waals surface area contributed by atoms with Crippen LogP contribution in [-0.2, 0) is 0 Å². The Bertz CT molecular complexity index is 209. The minimum atomic E-state index is -0.651. The molecular weight excluding hydrogens is 154 g/mol. The number of nitrogens with zero attached hydrogens (tertiary/aromatic N) is 2. The van der Waals surface area contributed by atoms with Gasteiger partial charge in [-0.25, -0.2) is 5.48 Å². The molecule has 0 atom stereocenters. The summed E-state index contributed by atoms with van der Waals surface area (Å²) in [5, 5.41) is 36.1. The smallest absolute Gasteiger partial charge is 0.222 e. The predicted molar refractivity (Wildman–Crippen MR) is 35.3 cm³/mol. The fourth-order valence-electron chi connectivity index (χ4n) is 0.351. The summed E-state index contributed by atoms with van der Waals surface area (Å²) in [6.45, 7) is 0. The van der Waals surface area contributed by atoms with Crippen LogP contribution in [0.1, 0.15) is 0 Å². The molecule has 0 unspecified atom stereocenters. The molecule has 11 heavy (non-hydrogen) atoms. The van der Waals surface area contributed by atoms with Crippen LogP contribution in [0, 0.1) is 5.41 Å². The van der Waals surface area contributed by atoms with Gasteiger partial charge in [-0.1, -0.05) is 10.3 Å². The molecule has 0 bridgehead atoms. The summed E-state index contributed by atoms with van der Waals surface area (Å²) >= 11 is 0. The Morgan fingerprint density at radius 3 is 2.00 bits per heavy atom. The monoisotopic (exact) mass is 161 g/mol. The third kappa shape index (κ3) is 2.10. The first-order valence-corrected chi connectivity index (χ1v) is 2.36. The second kappa shape index (κ2) is 4.06. The van der Waals surface area contributed by atoms with Crippen molar-refractivity contribution in [3.8, 4) is 0 Å². The minimum Gasteiger partial charge on any atom is -0.410 e. The molecule has 0 aliphatic carbocycles. The summed E-state index contributed by atoms with van der Waals surface area (Å²) in [6, 6.07) is 0. The summed E-state index contributed by atoms with van der Waals surface area (Å²) < 4.78 is 0. The molecule has 0 aromatic carbocycles. The number of hydroxylamine groups is 1. The van der Waals surface area contributed by atoms with E-state index in [1.165, 1.54) is 5.48 Å². The molecule has 0 fully saturated rings. The van der Waals surface area contributed by atoms with Gasteiger partial charge in [-0.3, -0.25) is 10.6 Å². The lowest BCUT2D eigenvalue weighted by atomic mass is 10.3. The van der Waals surface area contributed by atoms with Crippen molar-refractivity contribution in [2.75, 3.05) is 0 Å². The molecule has 0 saturated carbocycles. The number of hydrogen-bond acceptors (Lipinski definition) is 6. The Labute approximate surface area is 61.1 Å². The van der Waals surface area contributed by atoms with Crippen molar-refractivity contribution < 1.29 is 15.6 Å². The third-order valence-electron chi connectivity index (χ3n) is 0.785. The highest BCUT2D eigenvalue weighted by molar-refractivity contribution is 6.66. The van der Waals surface area contributed by atoms with E-state index in [2.05, 4.69) is 10.3 Å². The summed E-state index contributed by atoms with van der Waals surface area (Å²) in [5.74, 6) is -1.26. The molecule has 62 valence electrons. The van der Waals surface area contributed by atoms with Gasteiger partial charge in [0.25, 0.3) is 0 Å². The van der Waals surface area contributed by atoms with E-state index in [0.29, 0.717) is 0 Å². The average Bonchev–Trinajstić information content (AvgIpc) is 1.99. The van der Waals surface area contributed by atoms with Crippen LogP contribution in [-0.4, -0.2) is 33.0 Å². The van der Waals surface area contributed by atoms with Crippen LogP contribution in [0.5, 0.6) is 0 Å². The van der Waals surface area contributed by atoms with Gasteiger partial charge in [-0.2, -0.15) is 0 Å². The standard InChI is InChI=1S/C3H7N5O3/c4-2(5)1(6-9)3(7-10)8-11/h9-11H,(H3,4,5)(H,7,8)/b6-1+. The molecule has 0 saturated heterocycles. The van der Waals surface area contributed by atoms with E-state index in [4.69, 9.17) is 26.8 Å². The normalized spacial score (nSPS) is 12.8. The van der Waals surface area contributed by atoms with E-state index in [1.807, 2.05) is 0 Å². The number of oxime groups is 2. The van der Waals surface area contributed by atoms with Crippen LogP contribution in [0.4, 0.5) is 0 Å². The van der Waals surface area contributed by atoms with Crippen molar-refractivity contribution in [3.05, 3.63) is 0 Å². The zero-order chi connectivity index (χ0) is 8.85. The molecule has 0 radical (unpaired) electrons. The van der Waals surface area contributed by atoms with Crippen molar-refractivity contribution >= 4 is 17.4 Å². The van der Waals surface area contributed by atoms with Crippen molar-refractivity contribution in [2.24, 2.45) is 16.0 Å². The highest BCUT2D eigenvalue weighted by Crippen LogP contribution is 1.79. The highest BCUT2D eigenvalue weighted by atomic mass is 16.5. The molecule has 0 spiro atoms. The molecule has 0 rings (SSSR count). The van der Waals surface area contributed by atoms with Crippen molar-refractivity contribution in [2.45, 2.75) is 0 Å². The maximum atomic E-state index is 8.19. The maximum absolute atomic E-state index is 8.19. The van der Waals surface area contributed by atoms with Gasteiger partial charge in [-0.15, -0.1) is 0 Å². The van der Waals surface area contributed by atoms with Crippen LogP contribution in [0.25, 0.3) is 0 Å². The van der Waals surface area contributed by atoms with Crippen LogP contribution < -0.4 is 11.2 Å². The van der Waals surface area contributed by atoms with Crippen molar-refractivity contribution in [1.82, 2.24) is 5.48 Å². The fraction of sp³-hybridized carbons (Fsp3) is 0. The fourth-order valence-corrected chi connectivity index (χ4v) is 0.351. The van der Waals surface area contributed by atoms with Gasteiger partial charge >= 0.3 is 0 Å². The van der Waals surface area contributed by atoms with Crippen LogP contribution >= 0.6 is 0 Å². The predicted octanol–water partition coefficient (Wildman–Crippen LogP) is -1.48. The van der Waals surface area contributed by atoms with Crippen molar-refractivity contribution in [1.29, 1.82) is 5.41 Å². The van der Waals surface area contributed by atoms with E-state index < -0.39 is 17.4 Å². The summed E-state index contributed by atoms with van der Waals surface area (Å²) in [6.07, 6.45) is 0. The maximum Gasteiger partial charge on any atom is 0.222 e. The lowest BCUT2D eigenvalue weighted by molar-refractivity contribution is 0.225. The zero-order valence-electron chi connectivity index (χ0n) is 5.31. The second-order valence-corrected chi connectivity index (χ2v) is 1.42. The van der Waals surface area contributed by atoms with Gasteiger partial charge in [-0.05, 0) is 0 Å². The number of rotatable bonds is 2. The Balaban J connectivity index is 4.65. The first kappa shape index (κ1) is 9.17. The molecule has 7 N–H and O–H groups in total. The molecule has 0 aliphatic heterocycles. The largest absolute Gasteiger partial charge is 0.410 e. The number of nitrogens with two attached hydrogens (primary N) is 1. The molecule has 0 amide bonds. The average molecular weight is 161 g/mol. The van der Waals surface area contributed by atoms with E-state index in [-0.39, 0.29) is 0 Å². The molecule has 8 nitrogen and oxygen atoms in total. The van der Waals surface area contributed by atoms with Gasteiger partial charge in [0.2, 0.25) is 5.84 Å². The number of hydrogen-bond donors (Lipinski definition) is 6. The molecule has 0 aromatic rings. The summed E-state index contributed by atoms with van der Waals surface area (Å²) in [5.41, 5.74) is 5.66.